The van der Waals surface area contributed by atoms with Crippen molar-refractivity contribution in [2.24, 2.45) is 0 Å². The van der Waals surface area contributed by atoms with Gasteiger partial charge in [0.15, 0.2) is 6.61 Å². The molecule has 2 aromatic rings. The van der Waals surface area contributed by atoms with E-state index in [9.17, 15) is 9.59 Å². The zero-order valence-electron chi connectivity index (χ0n) is 12.0. The first-order valence-corrected chi connectivity index (χ1v) is 8.29. The van der Waals surface area contributed by atoms with Gasteiger partial charge in [0.05, 0.1) is 21.7 Å². The molecule has 0 N–H and O–H groups in total. The van der Waals surface area contributed by atoms with Gasteiger partial charge in [-0.3, -0.25) is 9.59 Å². The number of ether oxygens (including phenoxy) is 2. The molecular formula is C16H15BrO4S. The molecule has 0 saturated carbocycles. The van der Waals surface area contributed by atoms with E-state index in [1.807, 2.05) is 31.2 Å². The molecule has 22 heavy (non-hydrogen) atoms. The Balaban J connectivity index is 1.69. The average molecular weight is 383 g/mol. The maximum absolute atomic E-state index is 11.8. The highest BCUT2D eigenvalue weighted by Gasteiger charge is 2.12. The second-order valence-corrected chi connectivity index (χ2v) is 7.07. The molecular weight excluding hydrogens is 368 g/mol. The smallest absolute Gasteiger partial charge is 0.309 e. The van der Waals surface area contributed by atoms with Gasteiger partial charge in [0.2, 0.25) is 5.78 Å². The second-order valence-electron chi connectivity index (χ2n) is 4.60. The molecule has 0 fully saturated rings. The molecule has 2 rings (SSSR count). The maximum atomic E-state index is 11.8. The Bertz CT molecular complexity index is 666. The average Bonchev–Trinajstić information content (AvgIpc) is 2.91. The lowest BCUT2D eigenvalue weighted by Crippen LogP contribution is -2.15. The molecule has 0 unspecified atom stereocenters. The Morgan fingerprint density at radius 1 is 1.23 bits per heavy atom. The van der Waals surface area contributed by atoms with Crippen LogP contribution >= 0.6 is 27.3 Å². The van der Waals surface area contributed by atoms with Crippen LogP contribution < -0.4 is 4.74 Å². The standard InChI is InChI=1S/C16H15BrO4S/c1-11-3-2-4-12(9-11)20-8-7-16(19)21-10-13(18)14-5-6-15(17)22-14/h2-6,9H,7-8,10H2,1H3. The van der Waals surface area contributed by atoms with Crippen molar-refractivity contribution in [1.82, 2.24) is 0 Å². The zero-order chi connectivity index (χ0) is 15.9. The molecule has 0 aliphatic carbocycles. The van der Waals surface area contributed by atoms with E-state index in [0.717, 1.165) is 9.35 Å². The van der Waals surface area contributed by atoms with E-state index in [1.54, 1.807) is 12.1 Å². The number of benzene rings is 1. The lowest BCUT2D eigenvalue weighted by atomic mass is 10.2. The van der Waals surface area contributed by atoms with Crippen molar-refractivity contribution in [2.45, 2.75) is 13.3 Å². The van der Waals surface area contributed by atoms with Crippen molar-refractivity contribution >= 4 is 39.0 Å². The number of carbonyl (C=O) groups is 2. The van der Waals surface area contributed by atoms with Gasteiger partial charge in [-0.1, -0.05) is 12.1 Å². The highest BCUT2D eigenvalue weighted by atomic mass is 79.9. The van der Waals surface area contributed by atoms with E-state index < -0.39 is 5.97 Å². The summed E-state index contributed by atoms with van der Waals surface area (Å²) in [6.07, 6.45) is 0.107. The van der Waals surface area contributed by atoms with E-state index in [1.165, 1.54) is 11.3 Å². The fourth-order valence-electron chi connectivity index (χ4n) is 1.71. The first-order chi connectivity index (χ1) is 10.5. The van der Waals surface area contributed by atoms with Gasteiger partial charge in [-0.2, -0.15) is 0 Å². The van der Waals surface area contributed by atoms with Gasteiger partial charge in [-0.15, -0.1) is 11.3 Å². The summed E-state index contributed by atoms with van der Waals surface area (Å²) in [5.74, 6) is 0.0626. The number of hydrogen-bond donors (Lipinski definition) is 0. The molecule has 0 aliphatic rings. The zero-order valence-corrected chi connectivity index (χ0v) is 14.4. The van der Waals surface area contributed by atoms with Gasteiger partial charge in [0.25, 0.3) is 0 Å². The lowest BCUT2D eigenvalue weighted by Gasteiger charge is -2.07. The summed E-state index contributed by atoms with van der Waals surface area (Å²) in [5, 5.41) is 0. The molecule has 6 heteroatoms. The van der Waals surface area contributed by atoms with E-state index >= 15 is 0 Å². The summed E-state index contributed by atoms with van der Waals surface area (Å²) in [4.78, 5) is 23.9. The van der Waals surface area contributed by atoms with Crippen molar-refractivity contribution in [3.63, 3.8) is 0 Å². The molecule has 0 aliphatic heterocycles. The van der Waals surface area contributed by atoms with Gasteiger partial charge in [0, 0.05) is 0 Å². The number of ketones is 1. The van der Waals surface area contributed by atoms with Crippen LogP contribution in [-0.2, 0) is 9.53 Å². The van der Waals surface area contributed by atoms with E-state index in [0.29, 0.717) is 10.6 Å². The summed E-state index contributed by atoms with van der Waals surface area (Å²) < 4.78 is 11.3. The minimum Gasteiger partial charge on any atom is -0.493 e. The van der Waals surface area contributed by atoms with E-state index in [4.69, 9.17) is 9.47 Å². The number of halogens is 1. The fraction of sp³-hybridized carbons (Fsp3) is 0.250. The van der Waals surface area contributed by atoms with Crippen molar-refractivity contribution in [3.05, 3.63) is 50.6 Å². The third-order valence-electron chi connectivity index (χ3n) is 2.78. The molecule has 0 radical (unpaired) electrons. The van der Waals surface area contributed by atoms with Crippen LogP contribution in [-0.4, -0.2) is 25.0 Å². The van der Waals surface area contributed by atoms with Gasteiger partial charge in [-0.05, 0) is 52.7 Å². The van der Waals surface area contributed by atoms with Crippen LogP contribution in [0.1, 0.15) is 21.7 Å². The molecule has 0 bridgehead atoms. The van der Waals surface area contributed by atoms with Crippen LogP contribution in [0.15, 0.2) is 40.2 Å². The molecule has 0 spiro atoms. The second kappa shape index (κ2) is 8.10. The van der Waals surface area contributed by atoms with E-state index in [-0.39, 0.29) is 25.4 Å². The van der Waals surface area contributed by atoms with Crippen LogP contribution in [0.3, 0.4) is 0 Å². The van der Waals surface area contributed by atoms with Gasteiger partial charge < -0.3 is 9.47 Å². The molecule has 1 aromatic carbocycles. The maximum Gasteiger partial charge on any atom is 0.309 e. The minimum atomic E-state index is -0.448. The number of carbonyl (C=O) groups excluding carboxylic acids is 2. The molecule has 1 heterocycles. The highest BCUT2D eigenvalue weighted by molar-refractivity contribution is 9.11. The first kappa shape index (κ1) is 16.7. The van der Waals surface area contributed by atoms with Crippen molar-refractivity contribution in [3.8, 4) is 5.75 Å². The van der Waals surface area contributed by atoms with Gasteiger partial charge in [0.1, 0.15) is 5.75 Å². The van der Waals surface area contributed by atoms with Crippen molar-refractivity contribution in [1.29, 1.82) is 0 Å². The number of hydrogen-bond acceptors (Lipinski definition) is 5. The normalized spacial score (nSPS) is 10.3. The third kappa shape index (κ3) is 5.27. The summed E-state index contributed by atoms with van der Waals surface area (Å²) in [5.41, 5.74) is 1.09. The predicted molar refractivity (Wildman–Crippen MR) is 88.6 cm³/mol. The van der Waals surface area contributed by atoms with Crippen LogP contribution in [0.4, 0.5) is 0 Å². The van der Waals surface area contributed by atoms with Crippen LogP contribution in [0.5, 0.6) is 5.75 Å². The summed E-state index contributed by atoms with van der Waals surface area (Å²) in [7, 11) is 0. The number of aryl methyl sites for hydroxylation is 1. The summed E-state index contributed by atoms with van der Waals surface area (Å²) in [6, 6.07) is 11.1. The topological polar surface area (TPSA) is 52.6 Å². The van der Waals surface area contributed by atoms with Gasteiger partial charge >= 0.3 is 5.97 Å². The Morgan fingerprint density at radius 2 is 2.05 bits per heavy atom. The van der Waals surface area contributed by atoms with Crippen LogP contribution in [0.25, 0.3) is 0 Å². The molecule has 116 valence electrons. The highest BCUT2D eigenvalue weighted by Crippen LogP contribution is 2.22. The van der Waals surface area contributed by atoms with Crippen LogP contribution in [0.2, 0.25) is 0 Å². The first-order valence-electron chi connectivity index (χ1n) is 6.68. The fourth-order valence-corrected chi connectivity index (χ4v) is 3.02. The lowest BCUT2D eigenvalue weighted by molar-refractivity contribution is -0.143. The third-order valence-corrected chi connectivity index (χ3v) is 4.44. The number of thiophene rings is 1. The number of rotatable bonds is 7. The molecule has 0 amide bonds. The quantitative estimate of drug-likeness (QED) is 0.536. The largest absolute Gasteiger partial charge is 0.493 e. The Hall–Kier alpha value is -1.66. The Morgan fingerprint density at radius 3 is 2.73 bits per heavy atom. The van der Waals surface area contributed by atoms with Crippen LogP contribution in [0, 0.1) is 6.92 Å². The Kier molecular flexibility index (Phi) is 6.15. The molecule has 0 saturated heterocycles. The minimum absolute atomic E-state index is 0.107. The van der Waals surface area contributed by atoms with Crippen molar-refractivity contribution in [2.75, 3.05) is 13.2 Å². The molecule has 4 nitrogen and oxygen atoms in total. The number of esters is 1. The van der Waals surface area contributed by atoms with Crippen molar-refractivity contribution < 1.29 is 19.1 Å². The molecule has 1 aromatic heterocycles. The van der Waals surface area contributed by atoms with Gasteiger partial charge in [-0.25, -0.2) is 0 Å². The monoisotopic (exact) mass is 382 g/mol. The van der Waals surface area contributed by atoms with E-state index in [2.05, 4.69) is 15.9 Å². The Labute approximate surface area is 141 Å². The summed E-state index contributed by atoms with van der Waals surface area (Å²) in [6.45, 7) is 1.95. The summed E-state index contributed by atoms with van der Waals surface area (Å²) >= 11 is 4.60. The molecule has 0 atom stereocenters. The number of Topliss-reactive ketones (excluding diaryl/α,β-unsaturated/α-hetero) is 1. The predicted octanol–water partition coefficient (Wildman–Crippen LogP) is 4.01. The SMILES string of the molecule is Cc1cccc(OCCC(=O)OCC(=O)c2ccc(Br)s2)c1.